The van der Waals surface area contributed by atoms with Crippen LogP contribution >= 0.6 is 0 Å². The molecule has 0 aliphatic carbocycles. The van der Waals surface area contributed by atoms with Crippen molar-refractivity contribution in [2.24, 2.45) is 0 Å². The van der Waals surface area contributed by atoms with Crippen molar-refractivity contribution < 1.29 is 28.6 Å². The van der Waals surface area contributed by atoms with Gasteiger partial charge in [0.1, 0.15) is 5.82 Å². The molecule has 1 aromatic heterocycles. The van der Waals surface area contributed by atoms with Crippen LogP contribution in [0.25, 0.3) is 10.9 Å². The Kier molecular flexibility index (Phi) is 5.18. The van der Waals surface area contributed by atoms with Crippen molar-refractivity contribution in [1.82, 2.24) is 4.57 Å². The van der Waals surface area contributed by atoms with E-state index in [4.69, 9.17) is 0 Å². The van der Waals surface area contributed by atoms with Crippen molar-refractivity contribution >= 4 is 22.8 Å². The van der Waals surface area contributed by atoms with Gasteiger partial charge in [-0.3, -0.25) is 14.2 Å². The molecule has 0 aliphatic rings. The van der Waals surface area contributed by atoms with Gasteiger partial charge in [-0.05, 0) is 49.2 Å². The van der Waals surface area contributed by atoms with Gasteiger partial charge in [0.05, 0.1) is 11.4 Å². The number of carbonyl (C=O) groups is 2. The predicted molar refractivity (Wildman–Crippen MR) is 99.7 cm³/mol. The minimum Gasteiger partial charge on any atom is -0.505 e. The Labute approximate surface area is 159 Å². The quantitative estimate of drug-likeness (QED) is 0.671. The molecular formula is C21H19F2NO4. The molecule has 1 atom stereocenters. The molecule has 5 nitrogen and oxygen atoms in total. The Morgan fingerprint density at radius 2 is 1.89 bits per heavy atom. The molecule has 3 rings (SSSR count). The average molecular weight is 387 g/mol. The lowest BCUT2D eigenvalue weighted by Crippen LogP contribution is -2.16. The summed E-state index contributed by atoms with van der Waals surface area (Å²) >= 11 is 0. The number of aliphatic carboxylic acids is 1. The van der Waals surface area contributed by atoms with E-state index in [0.717, 1.165) is 12.1 Å². The monoisotopic (exact) mass is 387 g/mol. The van der Waals surface area contributed by atoms with Gasteiger partial charge in [0.2, 0.25) is 0 Å². The van der Waals surface area contributed by atoms with E-state index in [-0.39, 0.29) is 34.1 Å². The van der Waals surface area contributed by atoms with Crippen LogP contribution in [0.3, 0.4) is 0 Å². The van der Waals surface area contributed by atoms with Crippen molar-refractivity contribution in [3.63, 3.8) is 0 Å². The van der Waals surface area contributed by atoms with E-state index in [9.17, 15) is 28.6 Å². The highest BCUT2D eigenvalue weighted by Crippen LogP contribution is 2.38. The Hall–Kier alpha value is -3.22. The Morgan fingerprint density at radius 3 is 2.50 bits per heavy atom. The Balaban J connectivity index is 2.36. The highest BCUT2D eigenvalue weighted by molar-refractivity contribution is 6.05. The maximum atomic E-state index is 14.8. The second-order valence-electron chi connectivity index (χ2n) is 6.62. The molecule has 2 N–H and O–H groups in total. The minimum atomic E-state index is -1.15. The number of phenolic OH excluding ortho intramolecular Hbond substituents is 1. The van der Waals surface area contributed by atoms with Gasteiger partial charge in [-0.1, -0.05) is 19.4 Å². The van der Waals surface area contributed by atoms with Gasteiger partial charge in [-0.2, -0.15) is 0 Å². The molecule has 0 bridgehead atoms. The van der Waals surface area contributed by atoms with E-state index in [1.807, 2.05) is 0 Å². The number of hydrogen-bond acceptors (Lipinski definition) is 3. The molecule has 3 aromatic rings. The van der Waals surface area contributed by atoms with E-state index >= 15 is 0 Å². The van der Waals surface area contributed by atoms with E-state index < -0.39 is 35.2 Å². The van der Waals surface area contributed by atoms with E-state index in [2.05, 4.69) is 0 Å². The van der Waals surface area contributed by atoms with Crippen molar-refractivity contribution in [1.29, 1.82) is 0 Å². The minimum absolute atomic E-state index is 0.0439. The lowest BCUT2D eigenvalue weighted by Gasteiger charge is -2.13. The largest absolute Gasteiger partial charge is 0.505 e. The first-order chi connectivity index (χ1) is 13.3. The zero-order valence-corrected chi connectivity index (χ0v) is 15.4. The highest BCUT2D eigenvalue weighted by Gasteiger charge is 2.31. The van der Waals surface area contributed by atoms with Crippen molar-refractivity contribution in [3.05, 3.63) is 64.9 Å². The van der Waals surface area contributed by atoms with E-state index in [1.165, 1.54) is 35.8 Å². The summed E-state index contributed by atoms with van der Waals surface area (Å²) in [6.45, 7) is 3.32. The second-order valence-corrected chi connectivity index (χ2v) is 6.62. The Morgan fingerprint density at radius 1 is 1.18 bits per heavy atom. The average Bonchev–Trinajstić information content (AvgIpc) is 2.94. The third-order valence-corrected chi connectivity index (χ3v) is 4.83. The van der Waals surface area contributed by atoms with Gasteiger partial charge in [0.15, 0.2) is 11.6 Å². The molecule has 0 amide bonds. The summed E-state index contributed by atoms with van der Waals surface area (Å²) in [6, 6.07) is 7.52. The van der Waals surface area contributed by atoms with Gasteiger partial charge < -0.3 is 10.2 Å². The van der Waals surface area contributed by atoms with Crippen molar-refractivity contribution in [2.75, 3.05) is 0 Å². The smallest absolute Gasteiger partial charge is 0.311 e. The zero-order valence-electron chi connectivity index (χ0n) is 15.4. The summed E-state index contributed by atoms with van der Waals surface area (Å²) in [5.74, 6) is -5.03. The van der Waals surface area contributed by atoms with E-state index in [1.54, 1.807) is 6.92 Å². The molecule has 0 saturated carbocycles. The molecule has 0 saturated heterocycles. The number of benzene rings is 2. The van der Waals surface area contributed by atoms with Gasteiger partial charge in [-0.15, -0.1) is 0 Å². The number of carboxylic acids is 1. The molecule has 0 radical (unpaired) electrons. The number of halogens is 2. The zero-order chi connectivity index (χ0) is 20.6. The van der Waals surface area contributed by atoms with Crippen LogP contribution in [0.2, 0.25) is 0 Å². The van der Waals surface area contributed by atoms with Crippen LogP contribution in [0.4, 0.5) is 8.78 Å². The number of nitrogens with zero attached hydrogens (tertiary/aromatic N) is 1. The molecule has 2 aromatic carbocycles. The molecule has 28 heavy (non-hydrogen) atoms. The maximum absolute atomic E-state index is 14.8. The van der Waals surface area contributed by atoms with Crippen LogP contribution in [0.15, 0.2) is 36.4 Å². The molecular weight excluding hydrogens is 368 g/mol. The van der Waals surface area contributed by atoms with Crippen LogP contribution in [0.5, 0.6) is 5.75 Å². The third kappa shape index (κ3) is 3.13. The summed E-state index contributed by atoms with van der Waals surface area (Å²) in [7, 11) is 0. The van der Waals surface area contributed by atoms with Gasteiger partial charge in [-0.25, -0.2) is 8.78 Å². The molecule has 0 spiro atoms. The number of aromatic nitrogens is 1. The lowest BCUT2D eigenvalue weighted by molar-refractivity contribution is -0.139. The summed E-state index contributed by atoms with van der Waals surface area (Å²) < 4.78 is 29.6. The molecule has 0 unspecified atom stereocenters. The molecule has 0 fully saturated rings. The summed E-state index contributed by atoms with van der Waals surface area (Å²) in [5.41, 5.74) is 0.555. The molecule has 0 aliphatic heterocycles. The van der Waals surface area contributed by atoms with Crippen LogP contribution in [0.1, 0.15) is 47.3 Å². The third-order valence-electron chi connectivity index (χ3n) is 4.83. The van der Waals surface area contributed by atoms with Crippen molar-refractivity contribution in [2.45, 2.75) is 32.6 Å². The predicted octanol–water partition coefficient (Wildman–Crippen LogP) is 4.59. The van der Waals surface area contributed by atoms with Crippen LogP contribution in [-0.4, -0.2) is 26.7 Å². The van der Waals surface area contributed by atoms with Gasteiger partial charge >= 0.3 is 5.97 Å². The standard InChI is InChI=1S/C21H19F2NO4/c1-3-5-14(21(27)28)17-11(2)24(15-8-9-16(25)19(23)18(15)17)20(26)12-6-4-7-13(22)10-12/h4,6-10,14,25H,3,5H2,1-2H3,(H,27,28)/t14-/m0/s1. The number of phenols is 1. The number of hydrogen-bond donors (Lipinski definition) is 2. The van der Waals surface area contributed by atoms with Crippen molar-refractivity contribution in [3.8, 4) is 5.75 Å². The first kappa shape index (κ1) is 19.5. The summed E-state index contributed by atoms with van der Waals surface area (Å²) in [5, 5.41) is 19.4. The van der Waals surface area contributed by atoms with E-state index in [0.29, 0.717) is 6.42 Å². The fraction of sp³-hybridized carbons (Fsp3) is 0.238. The Bertz CT molecular complexity index is 1090. The highest BCUT2D eigenvalue weighted by atomic mass is 19.1. The SMILES string of the molecule is CCC[C@H](C(=O)O)c1c(C)n(C(=O)c2cccc(F)c2)c2ccc(O)c(F)c12. The number of rotatable bonds is 5. The number of fused-ring (bicyclic) bond motifs is 1. The summed E-state index contributed by atoms with van der Waals surface area (Å²) in [6.07, 6.45) is 0.764. The maximum Gasteiger partial charge on any atom is 0.311 e. The normalized spacial score (nSPS) is 12.3. The topological polar surface area (TPSA) is 79.5 Å². The number of aromatic hydroxyl groups is 1. The number of carboxylic acid groups (broad SMARTS) is 1. The van der Waals surface area contributed by atoms with Crippen LogP contribution in [-0.2, 0) is 4.79 Å². The fourth-order valence-corrected chi connectivity index (χ4v) is 3.60. The summed E-state index contributed by atoms with van der Waals surface area (Å²) in [4.78, 5) is 24.9. The number of carbonyl (C=O) groups excluding carboxylic acids is 1. The molecule has 7 heteroatoms. The van der Waals surface area contributed by atoms with Crippen LogP contribution in [0, 0.1) is 18.6 Å². The lowest BCUT2D eigenvalue weighted by atomic mass is 9.92. The first-order valence-corrected chi connectivity index (χ1v) is 8.83. The van der Waals surface area contributed by atoms with Crippen LogP contribution < -0.4 is 0 Å². The first-order valence-electron chi connectivity index (χ1n) is 8.83. The van der Waals surface area contributed by atoms with Gasteiger partial charge in [0.25, 0.3) is 5.91 Å². The van der Waals surface area contributed by atoms with Gasteiger partial charge in [0, 0.05) is 16.6 Å². The fourth-order valence-electron chi connectivity index (χ4n) is 3.60. The molecule has 146 valence electrons. The molecule has 1 heterocycles. The second kappa shape index (κ2) is 7.42.